The molecule has 1 fully saturated rings. The Morgan fingerprint density at radius 3 is 2.60 bits per heavy atom. The Labute approximate surface area is 124 Å². The Morgan fingerprint density at radius 1 is 1.00 bits per heavy atom. The first-order valence-corrected chi connectivity index (χ1v) is 8.21. The number of benzene rings is 2. The van der Waals surface area contributed by atoms with Gasteiger partial charge in [-0.1, -0.05) is 36.4 Å². The second-order valence-corrected chi connectivity index (χ2v) is 6.22. The first-order valence-electron chi connectivity index (χ1n) is 7.23. The molecule has 1 saturated heterocycles. The van der Waals surface area contributed by atoms with E-state index in [2.05, 4.69) is 42.5 Å². The van der Waals surface area contributed by atoms with Crippen LogP contribution in [0.2, 0.25) is 0 Å². The maximum Gasteiger partial charge on any atom is 0.232 e. The Hall–Kier alpha value is -1.48. The minimum absolute atomic E-state index is 0.280. The lowest BCUT2D eigenvalue weighted by Gasteiger charge is -2.26. The van der Waals surface area contributed by atoms with Gasteiger partial charge in [-0.2, -0.15) is 0 Å². The summed E-state index contributed by atoms with van der Waals surface area (Å²) in [5, 5.41) is 2.48. The third-order valence-electron chi connectivity index (χ3n) is 3.81. The zero-order valence-electron chi connectivity index (χ0n) is 11.5. The van der Waals surface area contributed by atoms with Crippen molar-refractivity contribution in [3.05, 3.63) is 42.5 Å². The summed E-state index contributed by atoms with van der Waals surface area (Å²) < 4.78 is 0. The normalized spacial score (nSPS) is 15.5. The van der Waals surface area contributed by atoms with E-state index in [1.807, 2.05) is 4.90 Å². The monoisotopic (exact) mass is 285 g/mol. The molecule has 2 aromatic rings. The van der Waals surface area contributed by atoms with E-state index in [-0.39, 0.29) is 5.91 Å². The average molecular weight is 285 g/mol. The van der Waals surface area contributed by atoms with Gasteiger partial charge in [-0.15, -0.1) is 11.8 Å². The lowest BCUT2D eigenvalue weighted by molar-refractivity contribution is -0.129. The van der Waals surface area contributed by atoms with E-state index in [9.17, 15) is 4.79 Å². The van der Waals surface area contributed by atoms with Gasteiger partial charge in [-0.25, -0.2) is 0 Å². The van der Waals surface area contributed by atoms with Crippen LogP contribution in [0.4, 0.5) is 0 Å². The molecule has 0 aliphatic carbocycles. The smallest absolute Gasteiger partial charge is 0.232 e. The number of rotatable bonds is 3. The standard InChI is InChI=1S/C17H19NOS/c19-17(18-11-4-1-5-12-18)13-20-16-10-6-8-14-7-2-3-9-15(14)16/h2-3,6-10H,1,4-5,11-13H2. The third-order valence-corrected chi connectivity index (χ3v) is 4.87. The predicted molar refractivity (Wildman–Crippen MR) is 85.1 cm³/mol. The SMILES string of the molecule is O=C(CSc1cccc2ccccc12)N1CCCCC1. The molecule has 2 nitrogen and oxygen atoms in total. The molecule has 0 saturated carbocycles. The summed E-state index contributed by atoms with van der Waals surface area (Å²) in [6.07, 6.45) is 3.58. The minimum Gasteiger partial charge on any atom is -0.342 e. The van der Waals surface area contributed by atoms with Gasteiger partial charge in [-0.3, -0.25) is 4.79 Å². The molecule has 0 N–H and O–H groups in total. The topological polar surface area (TPSA) is 20.3 Å². The zero-order valence-corrected chi connectivity index (χ0v) is 12.4. The zero-order chi connectivity index (χ0) is 13.8. The number of likely N-dealkylation sites (tertiary alicyclic amines) is 1. The highest BCUT2D eigenvalue weighted by atomic mass is 32.2. The van der Waals surface area contributed by atoms with Crippen molar-refractivity contribution in [2.45, 2.75) is 24.2 Å². The summed E-state index contributed by atoms with van der Waals surface area (Å²) in [5.74, 6) is 0.830. The van der Waals surface area contributed by atoms with Crippen LogP contribution in [-0.2, 0) is 4.79 Å². The number of nitrogens with zero attached hydrogens (tertiary/aromatic N) is 1. The van der Waals surface area contributed by atoms with Crippen molar-refractivity contribution >= 4 is 28.4 Å². The Morgan fingerprint density at radius 2 is 1.75 bits per heavy atom. The summed E-state index contributed by atoms with van der Waals surface area (Å²) in [4.78, 5) is 15.4. The molecule has 1 aliphatic heterocycles. The van der Waals surface area contributed by atoms with E-state index in [0.29, 0.717) is 5.75 Å². The number of amides is 1. The van der Waals surface area contributed by atoms with Crippen molar-refractivity contribution in [1.82, 2.24) is 4.90 Å². The van der Waals surface area contributed by atoms with Crippen molar-refractivity contribution in [3.63, 3.8) is 0 Å². The van der Waals surface area contributed by atoms with E-state index < -0.39 is 0 Å². The summed E-state index contributed by atoms with van der Waals surface area (Å²) >= 11 is 1.66. The second-order valence-electron chi connectivity index (χ2n) is 5.21. The molecule has 104 valence electrons. The van der Waals surface area contributed by atoms with Gasteiger partial charge in [0.05, 0.1) is 5.75 Å². The average Bonchev–Trinajstić information content (AvgIpc) is 2.53. The molecular formula is C17H19NOS. The highest BCUT2D eigenvalue weighted by Gasteiger charge is 2.16. The molecule has 0 atom stereocenters. The van der Waals surface area contributed by atoms with E-state index in [1.165, 1.54) is 22.1 Å². The van der Waals surface area contributed by atoms with Crippen LogP contribution in [0, 0.1) is 0 Å². The molecule has 0 aromatic heterocycles. The number of carbonyl (C=O) groups is 1. The van der Waals surface area contributed by atoms with Gasteiger partial charge in [0.25, 0.3) is 0 Å². The Bertz CT molecular complexity index is 599. The predicted octanol–water partition coefficient (Wildman–Crippen LogP) is 3.94. The summed E-state index contributed by atoms with van der Waals surface area (Å²) in [6.45, 7) is 1.88. The van der Waals surface area contributed by atoms with E-state index in [0.717, 1.165) is 25.9 Å². The number of hydrogen-bond donors (Lipinski definition) is 0. The van der Waals surface area contributed by atoms with Crippen molar-refractivity contribution in [2.24, 2.45) is 0 Å². The van der Waals surface area contributed by atoms with Crippen LogP contribution in [-0.4, -0.2) is 29.6 Å². The molecule has 2 aromatic carbocycles. The fourth-order valence-electron chi connectivity index (χ4n) is 2.70. The van der Waals surface area contributed by atoms with Gasteiger partial charge in [0, 0.05) is 18.0 Å². The van der Waals surface area contributed by atoms with Crippen molar-refractivity contribution in [3.8, 4) is 0 Å². The number of fused-ring (bicyclic) bond motifs is 1. The highest BCUT2D eigenvalue weighted by Crippen LogP contribution is 2.28. The quantitative estimate of drug-likeness (QED) is 0.796. The van der Waals surface area contributed by atoms with Gasteiger partial charge >= 0.3 is 0 Å². The van der Waals surface area contributed by atoms with E-state index in [1.54, 1.807) is 11.8 Å². The number of piperidine rings is 1. The highest BCUT2D eigenvalue weighted by molar-refractivity contribution is 8.00. The lowest BCUT2D eigenvalue weighted by Crippen LogP contribution is -2.36. The van der Waals surface area contributed by atoms with Crippen molar-refractivity contribution in [2.75, 3.05) is 18.8 Å². The first kappa shape index (κ1) is 13.5. The molecule has 0 bridgehead atoms. The molecular weight excluding hydrogens is 266 g/mol. The maximum atomic E-state index is 12.2. The molecule has 0 unspecified atom stereocenters. The molecule has 0 spiro atoms. The Kier molecular flexibility index (Phi) is 4.26. The molecule has 20 heavy (non-hydrogen) atoms. The summed E-state index contributed by atoms with van der Waals surface area (Å²) in [7, 11) is 0. The van der Waals surface area contributed by atoms with Crippen LogP contribution in [0.3, 0.4) is 0 Å². The van der Waals surface area contributed by atoms with Crippen LogP contribution in [0.25, 0.3) is 10.8 Å². The minimum atomic E-state index is 0.280. The van der Waals surface area contributed by atoms with Crippen LogP contribution in [0.15, 0.2) is 47.4 Å². The number of carbonyl (C=O) groups excluding carboxylic acids is 1. The molecule has 3 heteroatoms. The molecule has 0 radical (unpaired) electrons. The number of thioether (sulfide) groups is 1. The lowest BCUT2D eigenvalue weighted by atomic mass is 10.1. The van der Waals surface area contributed by atoms with Crippen LogP contribution in [0.5, 0.6) is 0 Å². The van der Waals surface area contributed by atoms with Gasteiger partial charge in [0.15, 0.2) is 0 Å². The van der Waals surface area contributed by atoms with E-state index in [4.69, 9.17) is 0 Å². The first-order chi connectivity index (χ1) is 9.84. The summed E-state index contributed by atoms with van der Waals surface area (Å²) in [5.41, 5.74) is 0. The molecule has 3 rings (SSSR count). The largest absolute Gasteiger partial charge is 0.342 e. The van der Waals surface area contributed by atoms with Crippen LogP contribution >= 0.6 is 11.8 Å². The second kappa shape index (κ2) is 6.31. The van der Waals surface area contributed by atoms with Crippen molar-refractivity contribution < 1.29 is 4.79 Å². The number of hydrogen-bond acceptors (Lipinski definition) is 2. The fourth-order valence-corrected chi connectivity index (χ4v) is 3.67. The van der Waals surface area contributed by atoms with Crippen LogP contribution < -0.4 is 0 Å². The Balaban J connectivity index is 1.69. The summed E-state index contributed by atoms with van der Waals surface area (Å²) in [6, 6.07) is 14.6. The van der Waals surface area contributed by atoms with E-state index >= 15 is 0 Å². The molecule has 1 aliphatic rings. The van der Waals surface area contributed by atoms with Gasteiger partial charge < -0.3 is 4.90 Å². The maximum absolute atomic E-state index is 12.2. The fraction of sp³-hybridized carbons (Fsp3) is 0.353. The van der Waals surface area contributed by atoms with Gasteiger partial charge in [0.2, 0.25) is 5.91 Å². The third kappa shape index (κ3) is 2.98. The van der Waals surface area contributed by atoms with Crippen molar-refractivity contribution in [1.29, 1.82) is 0 Å². The van der Waals surface area contributed by atoms with Crippen LogP contribution in [0.1, 0.15) is 19.3 Å². The molecule has 1 heterocycles. The van der Waals surface area contributed by atoms with Gasteiger partial charge in [0.1, 0.15) is 0 Å². The molecule has 1 amide bonds. The van der Waals surface area contributed by atoms with Gasteiger partial charge in [-0.05, 0) is 36.1 Å².